The first-order chi connectivity index (χ1) is 10.5. The third-order valence-electron chi connectivity index (χ3n) is 3.31. The van der Waals surface area contributed by atoms with Crippen LogP contribution in [0.4, 0.5) is 10.5 Å². The van der Waals surface area contributed by atoms with E-state index < -0.39 is 17.9 Å². The van der Waals surface area contributed by atoms with Gasteiger partial charge in [-0.05, 0) is 18.2 Å². The Morgan fingerprint density at radius 2 is 2.18 bits per heavy atom. The molecule has 0 radical (unpaired) electrons. The fraction of sp³-hybridized carbons (Fsp3) is 0.357. The maximum Gasteiger partial charge on any atom is 0.319 e. The van der Waals surface area contributed by atoms with E-state index in [9.17, 15) is 14.4 Å². The van der Waals surface area contributed by atoms with Crippen LogP contribution in [0.1, 0.15) is 6.42 Å². The zero-order valence-electron chi connectivity index (χ0n) is 11.7. The second-order valence-electron chi connectivity index (χ2n) is 4.97. The van der Waals surface area contributed by atoms with Gasteiger partial charge in [-0.15, -0.1) is 0 Å². The Morgan fingerprint density at radius 1 is 1.41 bits per heavy atom. The summed E-state index contributed by atoms with van der Waals surface area (Å²) < 4.78 is 0. The van der Waals surface area contributed by atoms with Crippen LogP contribution in [-0.4, -0.2) is 47.5 Å². The fourth-order valence-electron chi connectivity index (χ4n) is 2.20. The van der Waals surface area contributed by atoms with E-state index in [-0.39, 0.29) is 32.0 Å². The van der Waals surface area contributed by atoms with Gasteiger partial charge in [0, 0.05) is 36.8 Å². The lowest BCUT2D eigenvalue weighted by Crippen LogP contribution is -2.37. The van der Waals surface area contributed by atoms with Gasteiger partial charge < -0.3 is 20.6 Å². The molecule has 3 amide bonds. The average molecular weight is 326 g/mol. The van der Waals surface area contributed by atoms with Gasteiger partial charge in [-0.1, -0.05) is 17.7 Å². The van der Waals surface area contributed by atoms with Crippen LogP contribution in [0.2, 0.25) is 5.02 Å². The number of carbonyl (C=O) groups excluding carboxylic acids is 2. The summed E-state index contributed by atoms with van der Waals surface area (Å²) in [5.74, 6) is -1.83. The minimum atomic E-state index is -0.970. The largest absolute Gasteiger partial charge is 0.481 e. The second-order valence-corrected chi connectivity index (χ2v) is 5.41. The predicted molar refractivity (Wildman–Crippen MR) is 80.8 cm³/mol. The van der Waals surface area contributed by atoms with Crippen molar-refractivity contribution in [3.8, 4) is 0 Å². The molecule has 0 bridgehead atoms. The molecule has 1 unspecified atom stereocenters. The molecule has 1 aliphatic rings. The van der Waals surface area contributed by atoms with Crippen LogP contribution >= 0.6 is 11.6 Å². The average Bonchev–Trinajstić information content (AvgIpc) is 2.80. The number of halogens is 1. The van der Waals surface area contributed by atoms with Gasteiger partial charge in [0.1, 0.15) is 0 Å². The van der Waals surface area contributed by atoms with Gasteiger partial charge in [0.05, 0.1) is 5.92 Å². The monoisotopic (exact) mass is 325 g/mol. The SMILES string of the molecule is O=C(NCCN1CC(C(=O)O)CC1=O)Nc1cccc(Cl)c1. The van der Waals surface area contributed by atoms with Gasteiger partial charge >= 0.3 is 12.0 Å². The number of likely N-dealkylation sites (tertiary alicyclic amines) is 1. The molecular formula is C14H16ClN3O4. The Morgan fingerprint density at radius 3 is 2.82 bits per heavy atom. The number of rotatable bonds is 5. The highest BCUT2D eigenvalue weighted by molar-refractivity contribution is 6.30. The Balaban J connectivity index is 1.73. The van der Waals surface area contributed by atoms with Crippen molar-refractivity contribution in [2.45, 2.75) is 6.42 Å². The molecule has 1 heterocycles. The Hall–Kier alpha value is -2.28. The predicted octanol–water partition coefficient (Wildman–Crippen LogP) is 1.39. The van der Waals surface area contributed by atoms with Crippen LogP contribution in [-0.2, 0) is 9.59 Å². The minimum absolute atomic E-state index is 0.0179. The number of urea groups is 1. The molecule has 1 fully saturated rings. The lowest BCUT2D eigenvalue weighted by atomic mass is 10.1. The van der Waals surface area contributed by atoms with Crippen molar-refractivity contribution in [2.24, 2.45) is 5.92 Å². The minimum Gasteiger partial charge on any atom is -0.481 e. The molecule has 0 saturated carbocycles. The number of carbonyl (C=O) groups is 3. The number of aliphatic carboxylic acids is 1. The van der Waals surface area contributed by atoms with E-state index in [1.54, 1.807) is 24.3 Å². The number of nitrogens with one attached hydrogen (secondary N) is 2. The number of carboxylic acid groups (broad SMARTS) is 1. The maximum absolute atomic E-state index is 11.7. The highest BCUT2D eigenvalue weighted by Crippen LogP contribution is 2.17. The van der Waals surface area contributed by atoms with Crippen LogP contribution in [0.15, 0.2) is 24.3 Å². The smallest absolute Gasteiger partial charge is 0.319 e. The molecule has 22 heavy (non-hydrogen) atoms. The van der Waals surface area contributed by atoms with Crippen molar-refractivity contribution in [3.05, 3.63) is 29.3 Å². The normalized spacial score (nSPS) is 17.4. The Labute approximate surface area is 132 Å². The van der Waals surface area contributed by atoms with E-state index in [0.717, 1.165) is 0 Å². The van der Waals surface area contributed by atoms with Gasteiger partial charge in [0.15, 0.2) is 0 Å². The maximum atomic E-state index is 11.7. The first kappa shape index (κ1) is 16.1. The molecule has 8 heteroatoms. The lowest BCUT2D eigenvalue weighted by Gasteiger charge is -2.16. The van der Waals surface area contributed by atoms with Crippen molar-refractivity contribution in [1.29, 1.82) is 0 Å². The van der Waals surface area contributed by atoms with E-state index >= 15 is 0 Å². The molecule has 0 aromatic heterocycles. The molecule has 2 rings (SSSR count). The number of nitrogens with zero attached hydrogens (tertiary/aromatic N) is 1. The highest BCUT2D eigenvalue weighted by Gasteiger charge is 2.33. The number of benzene rings is 1. The summed E-state index contributed by atoms with van der Waals surface area (Å²) in [5, 5.41) is 14.6. The van der Waals surface area contributed by atoms with Gasteiger partial charge in [-0.3, -0.25) is 9.59 Å². The summed E-state index contributed by atoms with van der Waals surface area (Å²) in [6.45, 7) is 0.710. The summed E-state index contributed by atoms with van der Waals surface area (Å²) in [5.41, 5.74) is 0.563. The van der Waals surface area contributed by atoms with Crippen LogP contribution in [0.5, 0.6) is 0 Å². The molecule has 7 nitrogen and oxygen atoms in total. The molecule has 118 valence electrons. The van der Waals surface area contributed by atoms with Crippen molar-refractivity contribution in [3.63, 3.8) is 0 Å². The molecule has 0 spiro atoms. The summed E-state index contributed by atoms with van der Waals surface area (Å²) in [4.78, 5) is 35.6. The van der Waals surface area contributed by atoms with E-state index in [1.807, 2.05) is 0 Å². The van der Waals surface area contributed by atoms with Gasteiger partial charge in [-0.25, -0.2) is 4.79 Å². The molecular weight excluding hydrogens is 310 g/mol. The fourth-order valence-corrected chi connectivity index (χ4v) is 2.39. The number of hydrogen-bond donors (Lipinski definition) is 3. The van der Waals surface area contributed by atoms with Gasteiger partial charge in [-0.2, -0.15) is 0 Å². The Kier molecular flexibility index (Phi) is 5.21. The van der Waals surface area contributed by atoms with Crippen LogP contribution in [0, 0.1) is 5.92 Å². The summed E-state index contributed by atoms with van der Waals surface area (Å²) in [6.07, 6.45) is 0.0179. The van der Waals surface area contributed by atoms with E-state index in [1.165, 1.54) is 4.90 Å². The van der Waals surface area contributed by atoms with Crippen LogP contribution in [0.25, 0.3) is 0 Å². The number of carboxylic acids is 1. The van der Waals surface area contributed by atoms with Crippen molar-refractivity contribution in [2.75, 3.05) is 25.0 Å². The molecule has 1 atom stereocenters. The van der Waals surface area contributed by atoms with Crippen LogP contribution in [0.3, 0.4) is 0 Å². The van der Waals surface area contributed by atoms with Crippen molar-refractivity contribution >= 4 is 35.2 Å². The first-order valence-electron chi connectivity index (χ1n) is 6.76. The van der Waals surface area contributed by atoms with E-state index in [4.69, 9.17) is 16.7 Å². The van der Waals surface area contributed by atoms with Crippen molar-refractivity contribution in [1.82, 2.24) is 10.2 Å². The third-order valence-corrected chi connectivity index (χ3v) is 3.55. The second kappa shape index (κ2) is 7.13. The molecule has 1 aromatic rings. The topological polar surface area (TPSA) is 98.7 Å². The quantitative estimate of drug-likeness (QED) is 0.762. The molecule has 1 aliphatic heterocycles. The van der Waals surface area contributed by atoms with Crippen LogP contribution < -0.4 is 10.6 Å². The standard InChI is InChI=1S/C14H16ClN3O4/c15-10-2-1-3-11(7-10)17-14(22)16-4-5-18-8-9(13(20)21)6-12(18)19/h1-3,7,9H,4-6,8H2,(H,20,21)(H2,16,17,22). The summed E-state index contributed by atoms with van der Waals surface area (Å²) in [7, 11) is 0. The number of hydrogen-bond acceptors (Lipinski definition) is 3. The third kappa shape index (κ3) is 4.36. The highest BCUT2D eigenvalue weighted by atomic mass is 35.5. The van der Waals surface area contributed by atoms with Gasteiger partial charge in [0.2, 0.25) is 5.91 Å². The lowest BCUT2D eigenvalue weighted by molar-refractivity contribution is -0.141. The molecule has 1 aromatic carbocycles. The van der Waals surface area contributed by atoms with Gasteiger partial charge in [0.25, 0.3) is 0 Å². The number of anilines is 1. The van der Waals surface area contributed by atoms with E-state index in [0.29, 0.717) is 10.7 Å². The first-order valence-corrected chi connectivity index (χ1v) is 7.14. The zero-order chi connectivity index (χ0) is 16.1. The molecule has 3 N–H and O–H groups in total. The zero-order valence-corrected chi connectivity index (χ0v) is 12.5. The molecule has 1 saturated heterocycles. The Bertz CT molecular complexity index is 593. The summed E-state index contributed by atoms with van der Waals surface area (Å²) in [6, 6.07) is 6.31. The van der Waals surface area contributed by atoms with Crippen molar-refractivity contribution < 1.29 is 19.5 Å². The molecule has 0 aliphatic carbocycles. The van der Waals surface area contributed by atoms with E-state index in [2.05, 4.69) is 10.6 Å². The summed E-state index contributed by atoms with van der Waals surface area (Å²) >= 11 is 5.81. The number of amides is 3.